The summed E-state index contributed by atoms with van der Waals surface area (Å²) in [6.07, 6.45) is 4.72. The second-order valence-corrected chi connectivity index (χ2v) is 8.88. The van der Waals surface area contributed by atoms with E-state index >= 15 is 0 Å². The summed E-state index contributed by atoms with van der Waals surface area (Å²) in [5.41, 5.74) is 3.65. The molecule has 32 heavy (non-hydrogen) atoms. The smallest absolute Gasteiger partial charge is 0.361 e. The fraction of sp³-hybridized carbons (Fsp3) is 0.286. The molecule has 0 bridgehead atoms. The number of rotatable bonds is 9. The van der Waals surface area contributed by atoms with Crippen molar-refractivity contribution in [1.29, 1.82) is 0 Å². The molecule has 0 atom stereocenters. The number of aryl methyl sites for hydroxylation is 1. The third kappa shape index (κ3) is 7.73. The van der Waals surface area contributed by atoms with Gasteiger partial charge in [0.05, 0.1) is 6.61 Å². The van der Waals surface area contributed by atoms with Crippen molar-refractivity contribution < 1.29 is 13.5 Å². The molecule has 0 aliphatic carbocycles. The molecule has 0 aliphatic heterocycles. The highest BCUT2D eigenvalue weighted by atomic mass is 32.2. The lowest BCUT2D eigenvalue weighted by Crippen LogP contribution is -2.06. The van der Waals surface area contributed by atoms with Gasteiger partial charge in [0, 0.05) is 10.5 Å². The van der Waals surface area contributed by atoms with Crippen LogP contribution in [0.25, 0.3) is 11.1 Å². The molecule has 0 N–H and O–H groups in total. The molecule has 3 rings (SSSR count). The van der Waals surface area contributed by atoms with Crippen LogP contribution < -0.4 is 4.74 Å². The summed E-state index contributed by atoms with van der Waals surface area (Å²) in [6.45, 7) is 4.85. The molecule has 0 spiro atoms. The molecule has 0 saturated heterocycles. The van der Waals surface area contributed by atoms with E-state index in [9.17, 15) is 8.78 Å². The average molecular weight is 451 g/mol. The van der Waals surface area contributed by atoms with Crippen molar-refractivity contribution in [3.05, 3.63) is 83.9 Å². The number of thioether (sulfide) groups is 1. The van der Waals surface area contributed by atoms with Crippen LogP contribution in [0, 0.1) is 18.8 Å². The van der Waals surface area contributed by atoms with Gasteiger partial charge in [-0.05, 0) is 78.6 Å². The van der Waals surface area contributed by atoms with Crippen molar-refractivity contribution in [3.63, 3.8) is 0 Å². The van der Waals surface area contributed by atoms with Crippen molar-refractivity contribution in [3.8, 4) is 28.7 Å². The normalized spacial score (nSPS) is 11.0. The second-order valence-electron chi connectivity index (χ2n) is 7.69. The standard InChI is InChI=1S/C28H28F2OS/c1-3-4-5-6-21-31-26-15-13-25(14-16-26)24-11-9-23(10-12-24)19-20-28(29,30)32-27-17-7-22(2)8-18-27/h7-18H,3-6,21H2,1-2H3. The molecule has 4 heteroatoms. The first-order valence-electron chi connectivity index (χ1n) is 11.0. The fourth-order valence-electron chi connectivity index (χ4n) is 3.13. The predicted molar refractivity (Wildman–Crippen MR) is 130 cm³/mol. The Balaban J connectivity index is 1.57. The van der Waals surface area contributed by atoms with Crippen LogP contribution in [-0.2, 0) is 0 Å². The summed E-state index contributed by atoms with van der Waals surface area (Å²) < 4.78 is 34.2. The quantitative estimate of drug-likeness (QED) is 0.184. The van der Waals surface area contributed by atoms with Crippen LogP contribution in [0.5, 0.6) is 5.75 Å². The molecule has 3 aromatic carbocycles. The Hall–Kier alpha value is -2.77. The number of halogens is 2. The number of hydrogen-bond donors (Lipinski definition) is 0. The second kappa shape index (κ2) is 11.7. The number of unbranched alkanes of at least 4 members (excludes halogenated alkanes) is 3. The molecular weight excluding hydrogens is 422 g/mol. The van der Waals surface area contributed by atoms with Crippen molar-refractivity contribution in [1.82, 2.24) is 0 Å². The summed E-state index contributed by atoms with van der Waals surface area (Å²) in [7, 11) is 0. The monoisotopic (exact) mass is 450 g/mol. The molecule has 0 saturated carbocycles. The van der Waals surface area contributed by atoms with Crippen LogP contribution >= 0.6 is 11.8 Å². The SMILES string of the molecule is CCCCCCOc1ccc(-c2ccc(C#CC(F)(F)Sc3ccc(C)cc3)cc2)cc1. The van der Waals surface area contributed by atoms with Gasteiger partial charge < -0.3 is 4.74 Å². The number of hydrogen-bond acceptors (Lipinski definition) is 2. The molecule has 0 amide bonds. The fourth-order valence-corrected chi connectivity index (χ4v) is 3.80. The van der Waals surface area contributed by atoms with Crippen molar-refractivity contribution >= 4 is 11.8 Å². The minimum Gasteiger partial charge on any atom is -0.494 e. The zero-order chi connectivity index (χ0) is 22.8. The molecule has 0 fully saturated rings. The third-order valence-corrected chi connectivity index (χ3v) is 5.82. The zero-order valence-electron chi connectivity index (χ0n) is 18.5. The van der Waals surface area contributed by atoms with Crippen LogP contribution in [0.3, 0.4) is 0 Å². The molecular formula is C28H28F2OS. The van der Waals surface area contributed by atoms with Crippen LogP contribution in [0.2, 0.25) is 0 Å². The minimum atomic E-state index is -3.15. The molecule has 3 aromatic rings. The Morgan fingerprint density at radius 1 is 0.812 bits per heavy atom. The first-order valence-corrected chi connectivity index (χ1v) is 11.8. The number of benzene rings is 3. The van der Waals surface area contributed by atoms with Crippen LogP contribution in [0.15, 0.2) is 77.7 Å². The predicted octanol–water partition coefficient (Wildman–Crippen LogP) is 8.36. The minimum absolute atomic E-state index is 0.466. The van der Waals surface area contributed by atoms with E-state index in [-0.39, 0.29) is 0 Å². The third-order valence-electron chi connectivity index (χ3n) is 4.96. The van der Waals surface area contributed by atoms with E-state index in [0.717, 1.165) is 35.5 Å². The lowest BCUT2D eigenvalue weighted by molar-refractivity contribution is 0.174. The Kier molecular flexibility index (Phi) is 8.76. The van der Waals surface area contributed by atoms with Gasteiger partial charge in [-0.25, -0.2) is 0 Å². The topological polar surface area (TPSA) is 9.23 Å². The van der Waals surface area contributed by atoms with Crippen LogP contribution in [-0.4, -0.2) is 11.9 Å². The molecule has 1 nitrogen and oxygen atoms in total. The maximum Gasteiger partial charge on any atom is 0.361 e. The molecule has 0 heterocycles. The number of ether oxygens (including phenoxy) is 1. The van der Waals surface area contributed by atoms with Gasteiger partial charge in [-0.15, -0.1) is 0 Å². The van der Waals surface area contributed by atoms with E-state index in [0.29, 0.717) is 22.2 Å². The van der Waals surface area contributed by atoms with Gasteiger partial charge in [-0.1, -0.05) is 74.1 Å². The summed E-state index contributed by atoms with van der Waals surface area (Å²) in [6, 6.07) is 22.3. The van der Waals surface area contributed by atoms with Gasteiger partial charge in [-0.2, -0.15) is 8.78 Å². The molecule has 0 radical (unpaired) electrons. The van der Waals surface area contributed by atoms with Gasteiger partial charge in [0.1, 0.15) is 5.75 Å². The highest BCUT2D eigenvalue weighted by molar-refractivity contribution is 8.00. The van der Waals surface area contributed by atoms with Crippen molar-refractivity contribution in [2.75, 3.05) is 6.61 Å². The lowest BCUT2D eigenvalue weighted by Gasteiger charge is -2.09. The molecule has 0 unspecified atom stereocenters. The number of alkyl halides is 2. The lowest BCUT2D eigenvalue weighted by atomic mass is 10.0. The van der Waals surface area contributed by atoms with Gasteiger partial charge >= 0.3 is 5.25 Å². The summed E-state index contributed by atoms with van der Waals surface area (Å²) >= 11 is 0.466. The van der Waals surface area contributed by atoms with Gasteiger partial charge in [0.2, 0.25) is 0 Å². The van der Waals surface area contributed by atoms with E-state index in [2.05, 4.69) is 18.8 Å². The zero-order valence-corrected chi connectivity index (χ0v) is 19.4. The van der Waals surface area contributed by atoms with Gasteiger partial charge in [-0.3, -0.25) is 0 Å². The Morgan fingerprint density at radius 2 is 1.44 bits per heavy atom. The molecule has 0 aliphatic rings. The van der Waals surface area contributed by atoms with Crippen molar-refractivity contribution in [2.24, 2.45) is 0 Å². The largest absolute Gasteiger partial charge is 0.494 e. The Labute approximate surface area is 194 Å². The van der Waals surface area contributed by atoms with E-state index in [1.165, 1.54) is 19.3 Å². The Morgan fingerprint density at radius 3 is 2.06 bits per heavy atom. The van der Waals surface area contributed by atoms with E-state index in [4.69, 9.17) is 4.74 Å². The highest BCUT2D eigenvalue weighted by Gasteiger charge is 2.27. The van der Waals surface area contributed by atoms with Crippen molar-refractivity contribution in [2.45, 2.75) is 49.7 Å². The van der Waals surface area contributed by atoms with E-state index in [1.807, 2.05) is 55.5 Å². The maximum atomic E-state index is 14.2. The van der Waals surface area contributed by atoms with Crippen LogP contribution in [0.4, 0.5) is 8.78 Å². The molecule has 166 valence electrons. The van der Waals surface area contributed by atoms with Gasteiger partial charge in [0.25, 0.3) is 0 Å². The first kappa shape index (κ1) is 23.9. The Bertz CT molecular complexity index is 1030. The maximum absolute atomic E-state index is 14.2. The molecule has 0 aromatic heterocycles. The first-order chi connectivity index (χ1) is 15.4. The van der Waals surface area contributed by atoms with Gasteiger partial charge in [0.15, 0.2) is 0 Å². The van der Waals surface area contributed by atoms with Crippen LogP contribution in [0.1, 0.15) is 43.7 Å². The summed E-state index contributed by atoms with van der Waals surface area (Å²) in [4.78, 5) is 0.499. The summed E-state index contributed by atoms with van der Waals surface area (Å²) in [5, 5.41) is -3.15. The van der Waals surface area contributed by atoms with E-state index < -0.39 is 5.25 Å². The summed E-state index contributed by atoms with van der Waals surface area (Å²) in [5.74, 6) is 5.56. The average Bonchev–Trinajstić information content (AvgIpc) is 2.80. The highest BCUT2D eigenvalue weighted by Crippen LogP contribution is 2.35. The van der Waals surface area contributed by atoms with E-state index in [1.54, 1.807) is 24.3 Å².